The Morgan fingerprint density at radius 2 is 2.37 bits per heavy atom. The van der Waals surface area contributed by atoms with E-state index in [0.29, 0.717) is 17.4 Å². The summed E-state index contributed by atoms with van der Waals surface area (Å²) < 4.78 is 10.6. The first-order valence-corrected chi connectivity index (χ1v) is 6.28. The summed E-state index contributed by atoms with van der Waals surface area (Å²) in [7, 11) is 1.55. The van der Waals surface area contributed by atoms with Crippen LogP contribution in [-0.2, 0) is 4.74 Å². The summed E-state index contributed by atoms with van der Waals surface area (Å²) in [5.41, 5.74) is 0.703. The molecule has 1 aromatic carbocycles. The fraction of sp³-hybridized carbons (Fsp3) is 0.538. The minimum absolute atomic E-state index is 0.0539. The first-order chi connectivity index (χ1) is 9.11. The third-order valence-electron chi connectivity index (χ3n) is 3.45. The highest BCUT2D eigenvalue weighted by atomic mass is 16.6. The average molecular weight is 266 g/mol. The molecular formula is C13H18N2O4. The molecule has 1 saturated heterocycles. The molecule has 0 radical (unpaired) electrons. The maximum absolute atomic E-state index is 10.8. The molecule has 19 heavy (non-hydrogen) atoms. The number of nitro groups is 1. The quantitative estimate of drug-likeness (QED) is 0.654. The number of nitro benzene ring substituents is 1. The number of nitrogens with one attached hydrogen (secondary N) is 1. The average Bonchev–Trinajstić information content (AvgIpc) is 2.92. The lowest BCUT2D eigenvalue weighted by molar-refractivity contribution is -0.384. The Kier molecular flexibility index (Phi) is 4.21. The van der Waals surface area contributed by atoms with Crippen LogP contribution in [0, 0.1) is 16.0 Å². The van der Waals surface area contributed by atoms with Crippen LogP contribution in [0.1, 0.15) is 13.3 Å². The monoisotopic (exact) mass is 266 g/mol. The molecule has 0 saturated carbocycles. The predicted molar refractivity (Wildman–Crippen MR) is 71.7 cm³/mol. The number of ether oxygens (including phenoxy) is 2. The van der Waals surface area contributed by atoms with Gasteiger partial charge in [0.05, 0.1) is 24.3 Å². The lowest BCUT2D eigenvalue weighted by atomic mass is 10.0. The molecule has 0 aromatic heterocycles. The van der Waals surface area contributed by atoms with E-state index >= 15 is 0 Å². The molecule has 1 fully saturated rings. The fourth-order valence-electron chi connectivity index (χ4n) is 2.23. The van der Waals surface area contributed by atoms with Crippen molar-refractivity contribution in [1.29, 1.82) is 0 Å². The van der Waals surface area contributed by atoms with E-state index in [0.717, 1.165) is 19.6 Å². The van der Waals surface area contributed by atoms with Crippen molar-refractivity contribution in [2.45, 2.75) is 19.4 Å². The molecule has 0 aliphatic carbocycles. The second kappa shape index (κ2) is 5.88. The standard InChI is InChI=1S/C13H18N2O4/c1-9(10-5-6-19-8-10)14-12-7-11(15(16)17)3-4-13(12)18-2/h3-4,7,9-10,14H,5-6,8H2,1-2H3. The van der Waals surface area contributed by atoms with Gasteiger partial charge in [-0.05, 0) is 19.4 Å². The Hall–Kier alpha value is -1.82. The summed E-state index contributed by atoms with van der Waals surface area (Å²) in [6, 6.07) is 4.73. The van der Waals surface area contributed by atoms with E-state index in [2.05, 4.69) is 12.2 Å². The second-order valence-electron chi connectivity index (χ2n) is 4.70. The topological polar surface area (TPSA) is 73.6 Å². The highest BCUT2D eigenvalue weighted by Crippen LogP contribution is 2.31. The van der Waals surface area contributed by atoms with Gasteiger partial charge in [0.25, 0.3) is 5.69 Å². The predicted octanol–water partition coefficient (Wildman–Crippen LogP) is 2.44. The minimum atomic E-state index is -0.409. The van der Waals surface area contributed by atoms with Gasteiger partial charge in [0.15, 0.2) is 0 Å². The molecule has 1 aliphatic heterocycles. The van der Waals surface area contributed by atoms with Gasteiger partial charge >= 0.3 is 0 Å². The van der Waals surface area contributed by atoms with Crippen LogP contribution in [0.2, 0.25) is 0 Å². The third kappa shape index (κ3) is 3.14. The van der Waals surface area contributed by atoms with E-state index in [1.165, 1.54) is 12.1 Å². The minimum Gasteiger partial charge on any atom is -0.495 e. The molecule has 6 heteroatoms. The number of non-ortho nitro benzene ring substituents is 1. The number of hydrogen-bond acceptors (Lipinski definition) is 5. The van der Waals surface area contributed by atoms with Gasteiger partial charge in [-0.15, -0.1) is 0 Å². The zero-order valence-electron chi connectivity index (χ0n) is 11.1. The normalized spacial score (nSPS) is 20.0. The van der Waals surface area contributed by atoms with Crippen molar-refractivity contribution in [3.63, 3.8) is 0 Å². The van der Waals surface area contributed by atoms with Crippen LogP contribution in [0.4, 0.5) is 11.4 Å². The van der Waals surface area contributed by atoms with Gasteiger partial charge in [-0.25, -0.2) is 0 Å². The van der Waals surface area contributed by atoms with Crippen molar-refractivity contribution in [3.05, 3.63) is 28.3 Å². The Balaban J connectivity index is 2.16. The van der Waals surface area contributed by atoms with Crippen LogP contribution >= 0.6 is 0 Å². The van der Waals surface area contributed by atoms with Crippen LogP contribution in [-0.4, -0.2) is 31.3 Å². The Bertz CT molecular complexity index is 458. The summed E-state index contributed by atoms with van der Waals surface area (Å²) >= 11 is 0. The maximum atomic E-state index is 10.8. The Morgan fingerprint density at radius 1 is 1.58 bits per heavy atom. The zero-order chi connectivity index (χ0) is 13.8. The summed E-state index contributed by atoms with van der Waals surface area (Å²) in [6.45, 7) is 3.56. The molecule has 104 valence electrons. The van der Waals surface area contributed by atoms with E-state index in [-0.39, 0.29) is 11.7 Å². The molecule has 1 heterocycles. The lowest BCUT2D eigenvalue weighted by Crippen LogP contribution is -2.26. The van der Waals surface area contributed by atoms with Crippen molar-refractivity contribution in [3.8, 4) is 5.75 Å². The Morgan fingerprint density at radius 3 is 2.95 bits per heavy atom. The summed E-state index contributed by atoms with van der Waals surface area (Å²) in [4.78, 5) is 10.4. The molecule has 2 unspecified atom stereocenters. The van der Waals surface area contributed by atoms with Gasteiger partial charge in [0.2, 0.25) is 0 Å². The lowest BCUT2D eigenvalue weighted by Gasteiger charge is -2.21. The van der Waals surface area contributed by atoms with Crippen LogP contribution in [0.15, 0.2) is 18.2 Å². The highest BCUT2D eigenvalue weighted by Gasteiger charge is 2.23. The largest absolute Gasteiger partial charge is 0.495 e. The smallest absolute Gasteiger partial charge is 0.271 e. The van der Waals surface area contributed by atoms with E-state index in [4.69, 9.17) is 9.47 Å². The molecule has 6 nitrogen and oxygen atoms in total. The fourth-order valence-corrected chi connectivity index (χ4v) is 2.23. The van der Waals surface area contributed by atoms with E-state index < -0.39 is 4.92 Å². The highest BCUT2D eigenvalue weighted by molar-refractivity contribution is 5.62. The molecule has 0 amide bonds. The SMILES string of the molecule is COc1ccc([N+](=O)[O-])cc1NC(C)C1CCOC1. The second-order valence-corrected chi connectivity index (χ2v) is 4.70. The van der Waals surface area contributed by atoms with Gasteiger partial charge in [0, 0.05) is 30.7 Å². The van der Waals surface area contributed by atoms with Gasteiger partial charge < -0.3 is 14.8 Å². The van der Waals surface area contributed by atoms with E-state index in [1.807, 2.05) is 0 Å². The molecule has 2 rings (SSSR count). The van der Waals surface area contributed by atoms with Crippen molar-refractivity contribution in [2.24, 2.45) is 5.92 Å². The van der Waals surface area contributed by atoms with Crippen LogP contribution in [0.5, 0.6) is 5.75 Å². The van der Waals surface area contributed by atoms with Gasteiger partial charge in [-0.1, -0.05) is 0 Å². The maximum Gasteiger partial charge on any atom is 0.271 e. The van der Waals surface area contributed by atoms with E-state index in [1.54, 1.807) is 13.2 Å². The van der Waals surface area contributed by atoms with Gasteiger partial charge in [0.1, 0.15) is 5.75 Å². The number of nitrogens with zero attached hydrogens (tertiary/aromatic N) is 1. The molecule has 1 aliphatic rings. The molecule has 0 bridgehead atoms. The van der Waals surface area contributed by atoms with Crippen LogP contribution in [0.3, 0.4) is 0 Å². The molecular weight excluding hydrogens is 248 g/mol. The number of anilines is 1. The summed E-state index contributed by atoms with van der Waals surface area (Å²) in [5.74, 6) is 1.03. The zero-order valence-corrected chi connectivity index (χ0v) is 11.1. The summed E-state index contributed by atoms with van der Waals surface area (Å²) in [6.07, 6.45) is 1.01. The Labute approximate surface area is 111 Å². The number of methoxy groups -OCH3 is 1. The summed E-state index contributed by atoms with van der Waals surface area (Å²) in [5, 5.41) is 14.1. The first-order valence-electron chi connectivity index (χ1n) is 6.28. The van der Waals surface area contributed by atoms with Crippen LogP contribution in [0.25, 0.3) is 0 Å². The molecule has 1 N–H and O–H groups in total. The number of rotatable bonds is 5. The van der Waals surface area contributed by atoms with Crippen molar-refractivity contribution in [1.82, 2.24) is 0 Å². The van der Waals surface area contributed by atoms with E-state index in [9.17, 15) is 10.1 Å². The number of benzene rings is 1. The van der Waals surface area contributed by atoms with Gasteiger partial charge in [-0.2, -0.15) is 0 Å². The molecule has 1 aromatic rings. The number of hydrogen-bond donors (Lipinski definition) is 1. The van der Waals surface area contributed by atoms with Crippen molar-refractivity contribution < 1.29 is 14.4 Å². The van der Waals surface area contributed by atoms with Crippen molar-refractivity contribution in [2.75, 3.05) is 25.6 Å². The van der Waals surface area contributed by atoms with Crippen LogP contribution < -0.4 is 10.1 Å². The van der Waals surface area contributed by atoms with Gasteiger partial charge in [-0.3, -0.25) is 10.1 Å². The molecule has 0 spiro atoms. The van der Waals surface area contributed by atoms with Crippen molar-refractivity contribution >= 4 is 11.4 Å². The first kappa shape index (κ1) is 13.6. The molecule has 2 atom stereocenters. The third-order valence-corrected chi connectivity index (χ3v) is 3.45.